The van der Waals surface area contributed by atoms with E-state index in [9.17, 15) is 4.79 Å². The smallest absolute Gasteiger partial charge is 0.410 e. The number of amides is 1. The Bertz CT molecular complexity index is 236. The van der Waals surface area contributed by atoms with E-state index < -0.39 is 5.60 Å². The summed E-state index contributed by atoms with van der Waals surface area (Å²) in [4.78, 5) is 13.8. The molecule has 0 aromatic rings. The van der Waals surface area contributed by atoms with Crippen LogP contribution in [0, 0.1) is 0 Å². The van der Waals surface area contributed by atoms with Crippen LogP contribution in [0.2, 0.25) is 0 Å². The Morgan fingerprint density at radius 1 is 1.38 bits per heavy atom. The summed E-state index contributed by atoms with van der Waals surface area (Å²) in [6.07, 6.45) is 4.16. The summed E-state index contributed by atoms with van der Waals surface area (Å²) in [7, 11) is 0. The molecule has 1 atom stereocenters. The Balaban J connectivity index is 2.63. The Labute approximate surface area is 98.1 Å². The number of nitrogens with two attached hydrogens (primary N) is 1. The van der Waals surface area contributed by atoms with Crippen LogP contribution < -0.4 is 5.73 Å². The summed E-state index contributed by atoms with van der Waals surface area (Å²) in [5, 5.41) is 0. The number of hydrogen-bond acceptors (Lipinski definition) is 3. The Morgan fingerprint density at radius 3 is 2.62 bits per heavy atom. The molecule has 0 aromatic heterocycles. The molecule has 1 rings (SSSR count). The van der Waals surface area contributed by atoms with Crippen molar-refractivity contribution in [2.75, 3.05) is 13.1 Å². The van der Waals surface area contributed by atoms with Crippen LogP contribution in [0.5, 0.6) is 0 Å². The third kappa shape index (κ3) is 4.00. The average molecular weight is 228 g/mol. The van der Waals surface area contributed by atoms with Crippen molar-refractivity contribution < 1.29 is 9.53 Å². The highest BCUT2D eigenvalue weighted by molar-refractivity contribution is 5.68. The van der Waals surface area contributed by atoms with Crippen molar-refractivity contribution in [1.29, 1.82) is 0 Å². The zero-order valence-corrected chi connectivity index (χ0v) is 10.7. The number of nitrogens with zero attached hydrogens (tertiary/aromatic N) is 1. The topological polar surface area (TPSA) is 55.6 Å². The van der Waals surface area contributed by atoms with Gasteiger partial charge in [-0.3, -0.25) is 0 Å². The molecule has 1 heterocycles. The molecule has 4 nitrogen and oxygen atoms in total. The molecule has 16 heavy (non-hydrogen) atoms. The highest BCUT2D eigenvalue weighted by atomic mass is 16.6. The Morgan fingerprint density at radius 2 is 2.06 bits per heavy atom. The van der Waals surface area contributed by atoms with Gasteiger partial charge >= 0.3 is 6.09 Å². The monoisotopic (exact) mass is 228 g/mol. The molecule has 1 amide bonds. The molecule has 1 aliphatic heterocycles. The third-order valence-corrected chi connectivity index (χ3v) is 2.78. The van der Waals surface area contributed by atoms with Gasteiger partial charge in [0.15, 0.2) is 0 Å². The quantitative estimate of drug-likeness (QED) is 0.748. The van der Waals surface area contributed by atoms with Crippen molar-refractivity contribution in [1.82, 2.24) is 4.90 Å². The van der Waals surface area contributed by atoms with Gasteiger partial charge in [-0.05, 0) is 33.6 Å². The van der Waals surface area contributed by atoms with Gasteiger partial charge in [-0.1, -0.05) is 12.8 Å². The average Bonchev–Trinajstić information content (AvgIpc) is 2.39. The van der Waals surface area contributed by atoms with Crippen LogP contribution in [-0.4, -0.2) is 35.7 Å². The van der Waals surface area contributed by atoms with Crippen LogP contribution in [0.15, 0.2) is 0 Å². The molecule has 2 N–H and O–H groups in total. The van der Waals surface area contributed by atoms with Gasteiger partial charge in [-0.15, -0.1) is 0 Å². The van der Waals surface area contributed by atoms with Gasteiger partial charge in [0.2, 0.25) is 0 Å². The molecular formula is C12H24N2O2. The van der Waals surface area contributed by atoms with Crippen LogP contribution in [-0.2, 0) is 4.74 Å². The molecule has 0 spiro atoms. The second-order valence-electron chi connectivity index (χ2n) is 5.41. The van der Waals surface area contributed by atoms with E-state index in [-0.39, 0.29) is 12.1 Å². The van der Waals surface area contributed by atoms with Crippen molar-refractivity contribution in [2.45, 2.75) is 58.1 Å². The van der Waals surface area contributed by atoms with Gasteiger partial charge in [-0.2, -0.15) is 0 Å². The molecular weight excluding hydrogens is 204 g/mol. The maximum atomic E-state index is 12.0. The highest BCUT2D eigenvalue weighted by Crippen LogP contribution is 2.19. The standard InChI is InChI=1S/C12H24N2O2/c1-12(2,3)16-11(15)14-8-6-4-5-7-10(14)9-13/h10H,4-9,13H2,1-3H3. The van der Waals surface area contributed by atoms with E-state index >= 15 is 0 Å². The lowest BCUT2D eigenvalue weighted by Crippen LogP contribution is -2.46. The SMILES string of the molecule is CC(C)(C)OC(=O)N1CCCCCC1CN. The lowest BCUT2D eigenvalue weighted by molar-refractivity contribution is 0.0174. The van der Waals surface area contributed by atoms with E-state index in [1.807, 2.05) is 20.8 Å². The van der Waals surface area contributed by atoms with Gasteiger partial charge in [0.05, 0.1) is 0 Å². The van der Waals surface area contributed by atoms with Crippen molar-refractivity contribution in [3.05, 3.63) is 0 Å². The van der Waals surface area contributed by atoms with Crippen molar-refractivity contribution >= 4 is 6.09 Å². The maximum absolute atomic E-state index is 12.0. The lowest BCUT2D eigenvalue weighted by atomic mass is 10.1. The minimum Gasteiger partial charge on any atom is -0.444 e. The number of hydrogen-bond donors (Lipinski definition) is 1. The van der Waals surface area contributed by atoms with Crippen molar-refractivity contribution in [3.8, 4) is 0 Å². The zero-order chi connectivity index (χ0) is 12.2. The van der Waals surface area contributed by atoms with E-state index in [0.717, 1.165) is 25.8 Å². The van der Waals surface area contributed by atoms with E-state index in [4.69, 9.17) is 10.5 Å². The van der Waals surface area contributed by atoms with Crippen LogP contribution in [0.1, 0.15) is 46.5 Å². The first-order valence-corrected chi connectivity index (χ1v) is 6.14. The molecule has 1 aliphatic rings. The maximum Gasteiger partial charge on any atom is 0.410 e. The lowest BCUT2D eigenvalue weighted by Gasteiger charge is -2.31. The van der Waals surface area contributed by atoms with Gasteiger partial charge in [-0.25, -0.2) is 4.79 Å². The highest BCUT2D eigenvalue weighted by Gasteiger charge is 2.28. The van der Waals surface area contributed by atoms with Gasteiger partial charge < -0.3 is 15.4 Å². The van der Waals surface area contributed by atoms with E-state index in [2.05, 4.69) is 0 Å². The minimum absolute atomic E-state index is 0.150. The first-order valence-electron chi connectivity index (χ1n) is 6.14. The van der Waals surface area contributed by atoms with Crippen molar-refractivity contribution in [2.24, 2.45) is 5.73 Å². The largest absolute Gasteiger partial charge is 0.444 e. The predicted molar refractivity (Wildman–Crippen MR) is 64.3 cm³/mol. The zero-order valence-electron chi connectivity index (χ0n) is 10.7. The molecule has 0 aliphatic carbocycles. The second-order valence-corrected chi connectivity index (χ2v) is 5.41. The summed E-state index contributed by atoms with van der Waals surface area (Å²) in [6, 6.07) is 0.150. The summed E-state index contributed by atoms with van der Waals surface area (Å²) >= 11 is 0. The fourth-order valence-corrected chi connectivity index (χ4v) is 1.98. The number of carbonyl (C=O) groups excluding carboxylic acids is 1. The fraction of sp³-hybridized carbons (Fsp3) is 0.917. The summed E-state index contributed by atoms with van der Waals surface area (Å²) < 4.78 is 5.40. The first-order chi connectivity index (χ1) is 7.44. The molecule has 1 saturated heterocycles. The third-order valence-electron chi connectivity index (χ3n) is 2.78. The normalized spacial score (nSPS) is 22.8. The second kappa shape index (κ2) is 5.53. The molecule has 0 bridgehead atoms. The fourth-order valence-electron chi connectivity index (χ4n) is 1.98. The Hall–Kier alpha value is -0.770. The summed E-state index contributed by atoms with van der Waals surface area (Å²) in [5.74, 6) is 0. The van der Waals surface area contributed by atoms with E-state index in [1.54, 1.807) is 4.90 Å². The predicted octanol–water partition coefficient (Wildman–Crippen LogP) is 2.12. The van der Waals surface area contributed by atoms with E-state index in [1.165, 1.54) is 6.42 Å². The number of ether oxygens (including phenoxy) is 1. The molecule has 0 radical (unpaired) electrons. The number of rotatable bonds is 1. The van der Waals surface area contributed by atoms with Crippen LogP contribution in [0.3, 0.4) is 0 Å². The van der Waals surface area contributed by atoms with Crippen LogP contribution in [0.4, 0.5) is 4.79 Å². The van der Waals surface area contributed by atoms with Crippen LogP contribution >= 0.6 is 0 Å². The summed E-state index contributed by atoms with van der Waals surface area (Å²) in [6.45, 7) is 6.97. The van der Waals surface area contributed by atoms with Gasteiger partial charge in [0.25, 0.3) is 0 Å². The van der Waals surface area contributed by atoms with Gasteiger partial charge in [0, 0.05) is 19.1 Å². The molecule has 1 fully saturated rings. The van der Waals surface area contributed by atoms with E-state index in [0.29, 0.717) is 6.54 Å². The molecule has 4 heteroatoms. The van der Waals surface area contributed by atoms with Gasteiger partial charge in [0.1, 0.15) is 5.60 Å². The minimum atomic E-state index is -0.428. The molecule has 0 saturated carbocycles. The Kier molecular flexibility index (Phi) is 4.59. The molecule has 94 valence electrons. The number of likely N-dealkylation sites (tertiary alicyclic amines) is 1. The number of carbonyl (C=O) groups is 1. The van der Waals surface area contributed by atoms with Crippen molar-refractivity contribution in [3.63, 3.8) is 0 Å². The summed E-state index contributed by atoms with van der Waals surface area (Å²) in [5.41, 5.74) is 5.29. The molecule has 1 unspecified atom stereocenters. The first kappa shape index (κ1) is 13.3. The molecule has 0 aromatic carbocycles. The van der Waals surface area contributed by atoms with Crippen LogP contribution in [0.25, 0.3) is 0 Å².